The number of ketones is 1. The van der Waals surface area contributed by atoms with E-state index in [0.29, 0.717) is 22.4 Å². The van der Waals surface area contributed by atoms with E-state index in [1.165, 1.54) is 0 Å². The third-order valence-electron chi connectivity index (χ3n) is 3.93. The summed E-state index contributed by atoms with van der Waals surface area (Å²) in [5.41, 5.74) is 2.54. The topological polar surface area (TPSA) is 93.1 Å². The Kier molecular flexibility index (Phi) is 5.11. The van der Waals surface area contributed by atoms with Gasteiger partial charge in [0.05, 0.1) is 18.6 Å². The summed E-state index contributed by atoms with van der Waals surface area (Å²) < 4.78 is 10.6. The van der Waals surface area contributed by atoms with Crippen LogP contribution < -0.4 is 4.74 Å². The molecule has 0 spiro atoms. The Morgan fingerprint density at radius 3 is 2.80 bits per heavy atom. The maximum Gasteiger partial charge on any atom is 0.310 e. The summed E-state index contributed by atoms with van der Waals surface area (Å²) in [6, 6.07) is 12.3. The molecule has 2 N–H and O–H groups in total. The van der Waals surface area contributed by atoms with Crippen LogP contribution in [0.1, 0.15) is 27.0 Å². The molecule has 0 aliphatic carbocycles. The highest BCUT2D eigenvalue weighted by atomic mass is 16.5. The van der Waals surface area contributed by atoms with Crippen LogP contribution >= 0.6 is 0 Å². The molecule has 0 bridgehead atoms. The fourth-order valence-corrected chi connectivity index (χ4v) is 2.61. The van der Waals surface area contributed by atoms with Crippen LogP contribution in [-0.2, 0) is 22.6 Å². The molecule has 6 heteroatoms. The van der Waals surface area contributed by atoms with E-state index in [-0.39, 0.29) is 25.4 Å². The number of hydrogen-bond donors (Lipinski definition) is 2. The second kappa shape index (κ2) is 7.46. The predicted octanol–water partition coefficient (Wildman–Crippen LogP) is 1.25. The molecule has 130 valence electrons. The second-order valence-electron chi connectivity index (χ2n) is 5.80. The van der Waals surface area contributed by atoms with Gasteiger partial charge in [-0.3, -0.25) is 9.59 Å². The third-order valence-corrected chi connectivity index (χ3v) is 3.93. The highest BCUT2D eigenvalue weighted by Crippen LogP contribution is 2.29. The third kappa shape index (κ3) is 3.87. The van der Waals surface area contributed by atoms with Gasteiger partial charge in [0.25, 0.3) is 0 Å². The Morgan fingerprint density at radius 1 is 1.20 bits per heavy atom. The van der Waals surface area contributed by atoms with Crippen LogP contribution in [0.15, 0.2) is 42.5 Å². The first kappa shape index (κ1) is 17.1. The molecule has 1 heterocycles. The summed E-state index contributed by atoms with van der Waals surface area (Å²) in [4.78, 5) is 24.4. The van der Waals surface area contributed by atoms with Crippen molar-refractivity contribution in [2.45, 2.75) is 19.1 Å². The van der Waals surface area contributed by atoms with E-state index >= 15 is 0 Å². The molecule has 0 fully saturated rings. The Hall–Kier alpha value is -2.70. The molecule has 2 aromatic rings. The summed E-state index contributed by atoms with van der Waals surface area (Å²) in [6.45, 7) is -0.446. The molecule has 6 nitrogen and oxygen atoms in total. The first-order valence-electron chi connectivity index (χ1n) is 7.91. The Morgan fingerprint density at radius 2 is 2.00 bits per heavy atom. The number of carbonyl (C=O) groups excluding carboxylic acids is 2. The number of aliphatic hydroxyl groups excluding tert-OH is 2. The fraction of sp³-hybridized carbons (Fsp3) is 0.263. The molecule has 1 aliphatic heterocycles. The molecule has 0 radical (unpaired) electrons. The second-order valence-corrected chi connectivity index (χ2v) is 5.80. The number of esters is 1. The molecular weight excluding hydrogens is 324 g/mol. The summed E-state index contributed by atoms with van der Waals surface area (Å²) >= 11 is 0. The van der Waals surface area contributed by atoms with Crippen molar-refractivity contribution in [3.8, 4) is 5.75 Å². The van der Waals surface area contributed by atoms with Gasteiger partial charge in [0.1, 0.15) is 25.1 Å². The van der Waals surface area contributed by atoms with Crippen molar-refractivity contribution in [3.63, 3.8) is 0 Å². The zero-order valence-electron chi connectivity index (χ0n) is 13.5. The zero-order valence-corrected chi connectivity index (χ0v) is 13.5. The lowest BCUT2D eigenvalue weighted by atomic mass is 9.98. The van der Waals surface area contributed by atoms with E-state index in [0.717, 1.165) is 5.56 Å². The molecule has 1 atom stereocenters. The first-order valence-corrected chi connectivity index (χ1v) is 7.91. The van der Waals surface area contributed by atoms with Crippen LogP contribution in [-0.4, -0.2) is 41.3 Å². The highest BCUT2D eigenvalue weighted by molar-refractivity contribution is 6.12. The van der Waals surface area contributed by atoms with Gasteiger partial charge in [-0.15, -0.1) is 0 Å². The van der Waals surface area contributed by atoms with Crippen molar-refractivity contribution in [2.24, 2.45) is 0 Å². The minimum atomic E-state index is -1.09. The fourth-order valence-electron chi connectivity index (χ4n) is 2.61. The van der Waals surface area contributed by atoms with Crippen LogP contribution in [0.25, 0.3) is 0 Å². The van der Waals surface area contributed by atoms with Crippen molar-refractivity contribution in [1.29, 1.82) is 0 Å². The van der Waals surface area contributed by atoms with Gasteiger partial charge in [-0.2, -0.15) is 0 Å². The van der Waals surface area contributed by atoms with Crippen molar-refractivity contribution in [2.75, 3.05) is 13.2 Å². The molecule has 0 aromatic heterocycles. The SMILES string of the molecule is O=C(Cc1ccc2c(c1)OCc1ccccc1C2=O)OC[C@H](O)CO. The lowest BCUT2D eigenvalue weighted by molar-refractivity contribution is -0.146. The summed E-state index contributed by atoms with van der Waals surface area (Å²) in [7, 11) is 0. The molecule has 2 aromatic carbocycles. The lowest BCUT2D eigenvalue weighted by Crippen LogP contribution is -2.22. The molecule has 25 heavy (non-hydrogen) atoms. The normalized spacial score (nSPS) is 13.9. The van der Waals surface area contributed by atoms with Crippen molar-refractivity contribution in [3.05, 3.63) is 64.7 Å². The Labute approximate surface area is 144 Å². The molecule has 0 saturated carbocycles. The van der Waals surface area contributed by atoms with E-state index < -0.39 is 18.7 Å². The number of carbonyl (C=O) groups is 2. The Balaban J connectivity index is 1.75. The molecular formula is C19H18O6. The van der Waals surface area contributed by atoms with Crippen LogP contribution in [0.3, 0.4) is 0 Å². The van der Waals surface area contributed by atoms with Crippen LogP contribution in [0.5, 0.6) is 5.75 Å². The van der Waals surface area contributed by atoms with E-state index in [2.05, 4.69) is 0 Å². The van der Waals surface area contributed by atoms with Gasteiger partial charge in [0, 0.05) is 11.1 Å². The highest BCUT2D eigenvalue weighted by Gasteiger charge is 2.22. The van der Waals surface area contributed by atoms with Crippen molar-refractivity contribution < 1.29 is 29.3 Å². The van der Waals surface area contributed by atoms with E-state index in [4.69, 9.17) is 14.6 Å². The summed E-state index contributed by atoms with van der Waals surface area (Å²) in [5, 5.41) is 17.9. The van der Waals surface area contributed by atoms with E-state index in [1.807, 2.05) is 18.2 Å². The van der Waals surface area contributed by atoms with Gasteiger partial charge >= 0.3 is 5.97 Å². The summed E-state index contributed by atoms with van der Waals surface area (Å²) in [5.74, 6) is -0.208. The van der Waals surface area contributed by atoms with Gasteiger partial charge in [-0.05, 0) is 17.7 Å². The molecule has 0 saturated heterocycles. The minimum Gasteiger partial charge on any atom is -0.488 e. The van der Waals surface area contributed by atoms with E-state index in [1.54, 1.807) is 24.3 Å². The van der Waals surface area contributed by atoms with Gasteiger partial charge in [0.2, 0.25) is 0 Å². The number of fused-ring (bicyclic) bond motifs is 2. The maximum absolute atomic E-state index is 12.6. The predicted molar refractivity (Wildman–Crippen MR) is 88.4 cm³/mol. The van der Waals surface area contributed by atoms with Gasteiger partial charge in [-0.25, -0.2) is 0 Å². The number of rotatable bonds is 5. The number of benzene rings is 2. The molecule has 0 unspecified atom stereocenters. The smallest absolute Gasteiger partial charge is 0.310 e. The van der Waals surface area contributed by atoms with Crippen molar-refractivity contribution >= 4 is 11.8 Å². The molecule has 3 rings (SSSR count). The quantitative estimate of drug-likeness (QED) is 0.795. The van der Waals surface area contributed by atoms with Crippen LogP contribution in [0.4, 0.5) is 0 Å². The van der Waals surface area contributed by atoms with Gasteiger partial charge in [0.15, 0.2) is 5.78 Å². The average molecular weight is 342 g/mol. The van der Waals surface area contributed by atoms with E-state index in [9.17, 15) is 14.7 Å². The number of aliphatic hydroxyl groups is 2. The maximum atomic E-state index is 12.6. The zero-order chi connectivity index (χ0) is 17.8. The minimum absolute atomic E-state index is 0.0179. The van der Waals surface area contributed by atoms with Crippen molar-refractivity contribution in [1.82, 2.24) is 0 Å². The van der Waals surface area contributed by atoms with Gasteiger partial charge < -0.3 is 19.7 Å². The Bertz CT molecular complexity index is 798. The standard InChI is InChI=1S/C19H18O6/c20-9-14(21)11-25-18(22)8-12-5-6-16-17(7-12)24-10-13-3-1-2-4-15(13)19(16)23/h1-7,14,20-21H,8-11H2/t14-/m1/s1. The first-order chi connectivity index (χ1) is 12.1. The van der Waals surface area contributed by atoms with Crippen LogP contribution in [0, 0.1) is 0 Å². The number of ether oxygens (including phenoxy) is 2. The average Bonchev–Trinajstić information content (AvgIpc) is 2.77. The van der Waals surface area contributed by atoms with Crippen LogP contribution in [0.2, 0.25) is 0 Å². The monoisotopic (exact) mass is 342 g/mol. The number of hydrogen-bond acceptors (Lipinski definition) is 6. The van der Waals surface area contributed by atoms with Gasteiger partial charge in [-0.1, -0.05) is 30.3 Å². The lowest BCUT2D eigenvalue weighted by Gasteiger charge is -2.10. The largest absolute Gasteiger partial charge is 0.488 e. The molecule has 0 amide bonds. The molecule has 1 aliphatic rings. The summed E-state index contributed by atoms with van der Waals surface area (Å²) in [6.07, 6.45) is -1.11.